The highest BCUT2D eigenvalue weighted by molar-refractivity contribution is 5.01. The van der Waals surface area contributed by atoms with Gasteiger partial charge in [-0.3, -0.25) is 4.79 Å². The minimum absolute atomic E-state index is 0.0795. The molecule has 82 valence electrons. The minimum Gasteiger partial charge on any atom is -0.313 e. The predicted octanol–water partition coefficient (Wildman–Crippen LogP) is -0.784. The largest absolute Gasteiger partial charge is 0.313 e. The second-order valence-corrected chi connectivity index (χ2v) is 4.02. The fourth-order valence-corrected chi connectivity index (χ4v) is 1.90. The SMILES string of the molecule is CN1CCNC(Cc2cc(=O)[nH]cn2)C1. The highest BCUT2D eigenvalue weighted by atomic mass is 16.1. The van der Waals surface area contributed by atoms with Crippen LogP contribution >= 0.6 is 0 Å². The van der Waals surface area contributed by atoms with Gasteiger partial charge in [-0.15, -0.1) is 0 Å². The predicted molar refractivity (Wildman–Crippen MR) is 57.8 cm³/mol. The summed E-state index contributed by atoms with van der Waals surface area (Å²) >= 11 is 0. The quantitative estimate of drug-likeness (QED) is 0.669. The second kappa shape index (κ2) is 4.55. The molecule has 1 aliphatic heterocycles. The topological polar surface area (TPSA) is 61.0 Å². The molecule has 1 unspecified atom stereocenters. The van der Waals surface area contributed by atoms with E-state index in [1.165, 1.54) is 6.33 Å². The van der Waals surface area contributed by atoms with Gasteiger partial charge in [0.1, 0.15) is 0 Å². The van der Waals surface area contributed by atoms with Crippen LogP contribution in [0.1, 0.15) is 5.69 Å². The molecule has 1 aromatic heterocycles. The van der Waals surface area contributed by atoms with Gasteiger partial charge in [0.15, 0.2) is 0 Å². The molecule has 1 fully saturated rings. The lowest BCUT2D eigenvalue weighted by molar-refractivity contribution is 0.237. The molecule has 2 rings (SSSR count). The molecule has 1 aromatic rings. The molecule has 2 heterocycles. The zero-order valence-corrected chi connectivity index (χ0v) is 8.86. The van der Waals surface area contributed by atoms with Gasteiger partial charge >= 0.3 is 0 Å². The first-order valence-corrected chi connectivity index (χ1v) is 5.19. The van der Waals surface area contributed by atoms with E-state index in [0.29, 0.717) is 6.04 Å². The van der Waals surface area contributed by atoms with E-state index < -0.39 is 0 Å². The number of hydrogen-bond acceptors (Lipinski definition) is 4. The van der Waals surface area contributed by atoms with E-state index in [0.717, 1.165) is 31.7 Å². The summed E-state index contributed by atoms with van der Waals surface area (Å²) in [6.45, 7) is 3.10. The van der Waals surface area contributed by atoms with Crippen molar-refractivity contribution in [3.8, 4) is 0 Å². The van der Waals surface area contributed by atoms with Crippen molar-refractivity contribution in [3.05, 3.63) is 28.4 Å². The van der Waals surface area contributed by atoms with Gasteiger partial charge in [0, 0.05) is 43.9 Å². The molecule has 0 radical (unpaired) electrons. The van der Waals surface area contributed by atoms with Crippen molar-refractivity contribution in [2.24, 2.45) is 0 Å². The summed E-state index contributed by atoms with van der Waals surface area (Å²) in [6, 6.07) is 1.97. The summed E-state index contributed by atoms with van der Waals surface area (Å²) < 4.78 is 0. The van der Waals surface area contributed by atoms with E-state index in [4.69, 9.17) is 0 Å². The molecule has 1 saturated heterocycles. The maximum absolute atomic E-state index is 11.1. The maximum atomic E-state index is 11.1. The molecule has 1 atom stereocenters. The standard InChI is InChI=1S/C10H16N4O/c1-14-3-2-11-9(6-14)4-8-5-10(15)13-7-12-8/h5,7,9,11H,2-4,6H2,1H3,(H,12,13,15). The van der Waals surface area contributed by atoms with E-state index in [1.54, 1.807) is 6.07 Å². The third-order valence-electron chi connectivity index (χ3n) is 2.65. The smallest absolute Gasteiger partial charge is 0.250 e. The first-order chi connectivity index (χ1) is 7.24. The third-order valence-corrected chi connectivity index (χ3v) is 2.65. The molecule has 0 amide bonds. The van der Waals surface area contributed by atoms with Crippen LogP contribution in [0.5, 0.6) is 0 Å². The van der Waals surface area contributed by atoms with Crippen LogP contribution in [0.4, 0.5) is 0 Å². The summed E-state index contributed by atoms with van der Waals surface area (Å²) in [5.41, 5.74) is 0.774. The van der Waals surface area contributed by atoms with Crippen molar-refractivity contribution in [1.82, 2.24) is 20.2 Å². The Hall–Kier alpha value is -1.20. The van der Waals surface area contributed by atoms with Crippen LogP contribution in [0, 0.1) is 0 Å². The molecule has 0 aromatic carbocycles. The minimum atomic E-state index is -0.0795. The molecule has 0 bridgehead atoms. The number of rotatable bonds is 2. The van der Waals surface area contributed by atoms with Crippen LogP contribution in [0.15, 0.2) is 17.2 Å². The number of piperazine rings is 1. The van der Waals surface area contributed by atoms with Crippen molar-refractivity contribution < 1.29 is 0 Å². The molecule has 0 saturated carbocycles. The Bertz CT molecular complexity index is 376. The number of nitrogens with zero attached hydrogens (tertiary/aromatic N) is 2. The fraction of sp³-hybridized carbons (Fsp3) is 0.600. The lowest BCUT2D eigenvalue weighted by Gasteiger charge is -2.30. The average molecular weight is 208 g/mol. The van der Waals surface area contributed by atoms with Crippen molar-refractivity contribution in [1.29, 1.82) is 0 Å². The Kier molecular flexibility index (Phi) is 3.13. The van der Waals surface area contributed by atoms with Gasteiger partial charge in [-0.05, 0) is 7.05 Å². The zero-order chi connectivity index (χ0) is 10.7. The summed E-state index contributed by atoms with van der Waals surface area (Å²) in [5.74, 6) is 0. The Morgan fingerprint density at radius 2 is 2.53 bits per heavy atom. The normalized spacial score (nSPS) is 22.9. The number of hydrogen-bond donors (Lipinski definition) is 2. The fourth-order valence-electron chi connectivity index (χ4n) is 1.90. The molecule has 5 heteroatoms. The van der Waals surface area contributed by atoms with Crippen LogP contribution in [-0.4, -0.2) is 47.6 Å². The van der Waals surface area contributed by atoms with Gasteiger partial charge in [0.2, 0.25) is 0 Å². The van der Waals surface area contributed by atoms with Crippen LogP contribution < -0.4 is 10.9 Å². The van der Waals surface area contributed by atoms with Crippen LogP contribution in [0.2, 0.25) is 0 Å². The highest BCUT2D eigenvalue weighted by Crippen LogP contribution is 2.02. The molecular weight excluding hydrogens is 192 g/mol. The van der Waals surface area contributed by atoms with Gasteiger partial charge in [0.25, 0.3) is 5.56 Å². The summed E-state index contributed by atoms with van der Waals surface area (Å²) in [5, 5.41) is 3.42. The molecular formula is C10H16N4O. The second-order valence-electron chi connectivity index (χ2n) is 4.02. The van der Waals surface area contributed by atoms with Crippen LogP contribution in [-0.2, 0) is 6.42 Å². The monoisotopic (exact) mass is 208 g/mol. The Balaban J connectivity index is 1.99. The van der Waals surface area contributed by atoms with Gasteiger partial charge in [-0.25, -0.2) is 4.98 Å². The molecule has 15 heavy (non-hydrogen) atoms. The summed E-state index contributed by atoms with van der Waals surface area (Å²) in [6.07, 6.45) is 2.28. The average Bonchev–Trinajstić information content (AvgIpc) is 2.17. The maximum Gasteiger partial charge on any atom is 0.250 e. The zero-order valence-electron chi connectivity index (χ0n) is 8.86. The number of aromatic amines is 1. The number of likely N-dealkylation sites (N-methyl/N-ethyl adjacent to an activating group) is 1. The van der Waals surface area contributed by atoms with E-state index in [1.807, 2.05) is 0 Å². The Labute approximate surface area is 88.5 Å². The van der Waals surface area contributed by atoms with Crippen molar-refractivity contribution in [3.63, 3.8) is 0 Å². The molecule has 2 N–H and O–H groups in total. The van der Waals surface area contributed by atoms with Crippen molar-refractivity contribution in [2.75, 3.05) is 26.7 Å². The van der Waals surface area contributed by atoms with Gasteiger partial charge < -0.3 is 15.2 Å². The number of H-pyrrole nitrogens is 1. The lowest BCUT2D eigenvalue weighted by atomic mass is 10.1. The third kappa shape index (κ3) is 2.87. The summed E-state index contributed by atoms with van der Waals surface area (Å²) in [7, 11) is 2.11. The van der Waals surface area contributed by atoms with Gasteiger partial charge in [-0.2, -0.15) is 0 Å². The highest BCUT2D eigenvalue weighted by Gasteiger charge is 2.16. The first kappa shape index (κ1) is 10.3. The first-order valence-electron chi connectivity index (χ1n) is 5.19. The summed E-state index contributed by atoms with van der Waals surface area (Å²) in [4.78, 5) is 20.0. The Morgan fingerprint density at radius 1 is 1.67 bits per heavy atom. The number of aromatic nitrogens is 2. The van der Waals surface area contributed by atoms with Crippen LogP contribution in [0.3, 0.4) is 0 Å². The molecule has 5 nitrogen and oxygen atoms in total. The van der Waals surface area contributed by atoms with Crippen molar-refractivity contribution in [2.45, 2.75) is 12.5 Å². The van der Waals surface area contributed by atoms with E-state index in [9.17, 15) is 4.79 Å². The molecule has 0 aliphatic carbocycles. The Morgan fingerprint density at radius 3 is 3.27 bits per heavy atom. The lowest BCUT2D eigenvalue weighted by Crippen LogP contribution is -2.50. The van der Waals surface area contributed by atoms with Gasteiger partial charge in [0.05, 0.1) is 6.33 Å². The molecule has 1 aliphatic rings. The van der Waals surface area contributed by atoms with Gasteiger partial charge in [-0.1, -0.05) is 0 Å². The van der Waals surface area contributed by atoms with Crippen LogP contribution in [0.25, 0.3) is 0 Å². The van der Waals surface area contributed by atoms with E-state index in [2.05, 4.69) is 27.2 Å². The van der Waals surface area contributed by atoms with E-state index >= 15 is 0 Å². The van der Waals surface area contributed by atoms with E-state index in [-0.39, 0.29) is 5.56 Å². The molecule has 0 spiro atoms. The number of nitrogens with one attached hydrogen (secondary N) is 2. The van der Waals surface area contributed by atoms with Crippen molar-refractivity contribution >= 4 is 0 Å².